The summed E-state index contributed by atoms with van der Waals surface area (Å²) in [6.45, 7) is 0.532. The van der Waals surface area contributed by atoms with Gasteiger partial charge in [0.15, 0.2) is 11.5 Å². The molecule has 1 heterocycles. The first-order valence-electron chi connectivity index (χ1n) is 12.2. The number of rotatable bonds is 8. The normalized spacial score (nSPS) is 13.8. The maximum atomic E-state index is 13.7. The Hall–Kier alpha value is -4.84. The Bertz CT molecular complexity index is 1490. The van der Waals surface area contributed by atoms with Gasteiger partial charge in [0.1, 0.15) is 12.4 Å². The van der Waals surface area contributed by atoms with Crippen molar-refractivity contribution in [2.45, 2.75) is 13.2 Å². The van der Waals surface area contributed by atoms with Crippen LogP contribution in [0.15, 0.2) is 97.1 Å². The molecule has 2 amide bonds. The van der Waals surface area contributed by atoms with E-state index in [9.17, 15) is 9.59 Å². The molecule has 38 heavy (non-hydrogen) atoms. The summed E-state index contributed by atoms with van der Waals surface area (Å²) in [5.41, 5.74) is 4.14. The minimum atomic E-state index is -0.355. The van der Waals surface area contributed by atoms with E-state index in [0.29, 0.717) is 40.6 Å². The number of carbonyl (C=O) groups excluding carboxylic acids is 2. The number of carbonyl (C=O) groups is 2. The standard InChI is InChI=1S/C32H27NO5/c1-36-25-15-12-22(13-16-25)20-33-31(34)27-11-7-6-10-26(27)28(32(33)35)18-24-14-17-29(37-2)30(19-24)38-21-23-8-4-3-5-9-23/h3-19H,20-21H2,1-2H3/b28-18-. The lowest BCUT2D eigenvalue weighted by Crippen LogP contribution is -2.41. The van der Waals surface area contributed by atoms with Crippen LogP contribution in [-0.4, -0.2) is 30.9 Å². The fraction of sp³-hybridized carbons (Fsp3) is 0.125. The molecule has 0 saturated heterocycles. The number of fused-ring (bicyclic) bond motifs is 1. The molecule has 1 aliphatic rings. The molecule has 0 unspecified atom stereocenters. The molecule has 190 valence electrons. The lowest BCUT2D eigenvalue weighted by molar-refractivity contribution is -0.123. The van der Waals surface area contributed by atoms with Crippen LogP contribution < -0.4 is 14.2 Å². The summed E-state index contributed by atoms with van der Waals surface area (Å²) in [7, 11) is 3.18. The molecule has 6 nitrogen and oxygen atoms in total. The van der Waals surface area contributed by atoms with Gasteiger partial charge in [-0.1, -0.05) is 66.7 Å². The second-order valence-electron chi connectivity index (χ2n) is 8.83. The highest BCUT2D eigenvalue weighted by molar-refractivity contribution is 6.33. The zero-order chi connectivity index (χ0) is 26.5. The lowest BCUT2D eigenvalue weighted by atomic mass is 9.91. The van der Waals surface area contributed by atoms with Crippen molar-refractivity contribution in [1.82, 2.24) is 4.90 Å². The van der Waals surface area contributed by atoms with Gasteiger partial charge in [-0.05, 0) is 58.7 Å². The first-order valence-corrected chi connectivity index (χ1v) is 12.2. The molecule has 0 fully saturated rings. The van der Waals surface area contributed by atoms with Crippen molar-refractivity contribution >= 4 is 23.5 Å². The Kier molecular flexibility index (Phi) is 7.22. The highest BCUT2D eigenvalue weighted by Gasteiger charge is 2.34. The average Bonchev–Trinajstić information content (AvgIpc) is 2.97. The summed E-state index contributed by atoms with van der Waals surface area (Å²) in [4.78, 5) is 28.3. The van der Waals surface area contributed by atoms with Gasteiger partial charge in [0.2, 0.25) is 0 Å². The third-order valence-corrected chi connectivity index (χ3v) is 6.40. The van der Waals surface area contributed by atoms with E-state index in [1.807, 2.05) is 78.9 Å². The molecule has 4 aromatic rings. The maximum Gasteiger partial charge on any atom is 0.261 e. The maximum absolute atomic E-state index is 13.7. The van der Waals surface area contributed by atoms with Crippen molar-refractivity contribution in [1.29, 1.82) is 0 Å². The van der Waals surface area contributed by atoms with Crippen LogP contribution in [0.3, 0.4) is 0 Å². The molecular formula is C32H27NO5. The quantitative estimate of drug-likeness (QED) is 0.217. The monoisotopic (exact) mass is 505 g/mol. The summed E-state index contributed by atoms with van der Waals surface area (Å²) in [6.07, 6.45) is 1.80. The first-order chi connectivity index (χ1) is 18.6. The van der Waals surface area contributed by atoms with Gasteiger partial charge in [0.05, 0.1) is 20.8 Å². The number of ether oxygens (including phenoxy) is 3. The van der Waals surface area contributed by atoms with Gasteiger partial charge in [0, 0.05) is 11.1 Å². The van der Waals surface area contributed by atoms with E-state index in [4.69, 9.17) is 14.2 Å². The molecule has 0 spiro atoms. The molecule has 0 bridgehead atoms. The Balaban J connectivity index is 1.49. The largest absolute Gasteiger partial charge is 0.497 e. The average molecular weight is 506 g/mol. The van der Waals surface area contributed by atoms with E-state index in [1.165, 1.54) is 4.90 Å². The molecule has 0 aliphatic carbocycles. The zero-order valence-corrected chi connectivity index (χ0v) is 21.2. The van der Waals surface area contributed by atoms with Crippen LogP contribution in [0.5, 0.6) is 17.2 Å². The Morgan fingerprint density at radius 2 is 1.39 bits per heavy atom. The van der Waals surface area contributed by atoms with E-state index in [-0.39, 0.29) is 18.4 Å². The van der Waals surface area contributed by atoms with Gasteiger partial charge in [-0.15, -0.1) is 0 Å². The van der Waals surface area contributed by atoms with E-state index < -0.39 is 0 Å². The smallest absolute Gasteiger partial charge is 0.261 e. The van der Waals surface area contributed by atoms with Crippen molar-refractivity contribution < 1.29 is 23.8 Å². The fourth-order valence-electron chi connectivity index (χ4n) is 4.40. The van der Waals surface area contributed by atoms with Gasteiger partial charge in [-0.2, -0.15) is 0 Å². The second-order valence-corrected chi connectivity index (χ2v) is 8.83. The Labute approximate surface area is 221 Å². The minimum absolute atomic E-state index is 0.154. The summed E-state index contributed by atoms with van der Waals surface area (Å²) >= 11 is 0. The highest BCUT2D eigenvalue weighted by Crippen LogP contribution is 2.34. The van der Waals surface area contributed by atoms with E-state index in [1.54, 1.807) is 38.5 Å². The van der Waals surface area contributed by atoms with Gasteiger partial charge in [-0.3, -0.25) is 14.5 Å². The summed E-state index contributed by atoms with van der Waals surface area (Å²) in [5, 5.41) is 0. The number of nitrogens with zero attached hydrogens (tertiary/aromatic N) is 1. The van der Waals surface area contributed by atoms with Gasteiger partial charge >= 0.3 is 0 Å². The van der Waals surface area contributed by atoms with Crippen molar-refractivity contribution in [2.24, 2.45) is 0 Å². The third-order valence-electron chi connectivity index (χ3n) is 6.40. The molecule has 6 heteroatoms. The van der Waals surface area contributed by atoms with Crippen LogP contribution in [0.4, 0.5) is 0 Å². The Morgan fingerprint density at radius 3 is 2.11 bits per heavy atom. The van der Waals surface area contributed by atoms with Crippen LogP contribution >= 0.6 is 0 Å². The molecule has 5 rings (SSSR count). The number of benzene rings is 4. The summed E-state index contributed by atoms with van der Waals surface area (Å²) < 4.78 is 16.8. The number of amides is 2. The summed E-state index contributed by atoms with van der Waals surface area (Å²) in [5.74, 6) is 1.19. The molecule has 4 aromatic carbocycles. The first kappa shape index (κ1) is 24.8. The minimum Gasteiger partial charge on any atom is -0.497 e. The van der Waals surface area contributed by atoms with Crippen LogP contribution in [0.25, 0.3) is 11.6 Å². The molecular weight excluding hydrogens is 478 g/mol. The van der Waals surface area contributed by atoms with Crippen LogP contribution in [0.1, 0.15) is 32.6 Å². The molecule has 1 aliphatic heterocycles. The third kappa shape index (κ3) is 5.15. The lowest BCUT2D eigenvalue weighted by Gasteiger charge is -2.29. The molecule has 0 atom stereocenters. The topological polar surface area (TPSA) is 65.1 Å². The van der Waals surface area contributed by atoms with Crippen molar-refractivity contribution in [3.05, 3.63) is 125 Å². The Morgan fingerprint density at radius 1 is 0.684 bits per heavy atom. The van der Waals surface area contributed by atoms with Crippen molar-refractivity contribution in [2.75, 3.05) is 14.2 Å². The van der Waals surface area contributed by atoms with Crippen LogP contribution in [-0.2, 0) is 17.9 Å². The van der Waals surface area contributed by atoms with Crippen molar-refractivity contribution in [3.63, 3.8) is 0 Å². The molecule has 0 aromatic heterocycles. The predicted molar refractivity (Wildman–Crippen MR) is 146 cm³/mol. The number of hydrogen-bond acceptors (Lipinski definition) is 5. The van der Waals surface area contributed by atoms with Crippen LogP contribution in [0, 0.1) is 0 Å². The van der Waals surface area contributed by atoms with Gasteiger partial charge in [0.25, 0.3) is 11.8 Å². The predicted octanol–water partition coefficient (Wildman–Crippen LogP) is 6.01. The number of imide groups is 1. The van der Waals surface area contributed by atoms with Crippen molar-refractivity contribution in [3.8, 4) is 17.2 Å². The molecule has 0 saturated carbocycles. The van der Waals surface area contributed by atoms with Gasteiger partial charge < -0.3 is 14.2 Å². The van der Waals surface area contributed by atoms with E-state index in [2.05, 4.69) is 0 Å². The number of methoxy groups -OCH3 is 2. The molecule has 0 radical (unpaired) electrons. The van der Waals surface area contributed by atoms with Gasteiger partial charge in [-0.25, -0.2) is 0 Å². The zero-order valence-electron chi connectivity index (χ0n) is 21.2. The second kappa shape index (κ2) is 11.0. The SMILES string of the molecule is COc1ccc(CN2C(=O)/C(=C\c3ccc(OC)c(OCc4ccccc4)c3)c3ccccc3C2=O)cc1. The fourth-order valence-corrected chi connectivity index (χ4v) is 4.40. The van der Waals surface area contributed by atoms with E-state index >= 15 is 0 Å². The van der Waals surface area contributed by atoms with E-state index in [0.717, 1.165) is 16.7 Å². The molecule has 0 N–H and O–H groups in total. The highest BCUT2D eigenvalue weighted by atomic mass is 16.5. The van der Waals surface area contributed by atoms with Crippen LogP contribution in [0.2, 0.25) is 0 Å². The number of hydrogen-bond donors (Lipinski definition) is 0. The summed E-state index contributed by atoms with van der Waals surface area (Å²) in [6, 6.07) is 29.9.